The minimum atomic E-state index is -0.871. The lowest BCUT2D eigenvalue weighted by molar-refractivity contribution is -0.170. The van der Waals surface area contributed by atoms with Crippen molar-refractivity contribution in [2.45, 2.75) is 64.7 Å². The molecule has 5 heteroatoms. The zero-order chi connectivity index (χ0) is 14.7. The molecule has 3 atom stereocenters. The lowest BCUT2D eigenvalue weighted by Gasteiger charge is -2.57. The molecule has 1 saturated carbocycles. The molecule has 4 N–H and O–H groups in total. The van der Waals surface area contributed by atoms with Gasteiger partial charge in [-0.25, -0.2) is 0 Å². The van der Waals surface area contributed by atoms with Gasteiger partial charge in [-0.3, -0.25) is 4.79 Å². The molecule has 1 rings (SSSR count). The predicted octanol–water partition coefficient (Wildman–Crippen LogP) is 0.796. The van der Waals surface area contributed by atoms with E-state index in [1.54, 1.807) is 0 Å². The summed E-state index contributed by atoms with van der Waals surface area (Å²) in [5.41, 5.74) is 5.00. The molecule has 1 amide bonds. The van der Waals surface area contributed by atoms with Gasteiger partial charge in [-0.2, -0.15) is 0 Å². The number of rotatable bonds is 7. The van der Waals surface area contributed by atoms with E-state index < -0.39 is 5.54 Å². The van der Waals surface area contributed by atoms with E-state index >= 15 is 0 Å². The molecule has 0 radical (unpaired) electrons. The molecule has 5 nitrogen and oxygen atoms in total. The minimum absolute atomic E-state index is 0.0366. The summed E-state index contributed by atoms with van der Waals surface area (Å²) in [7, 11) is 0. The largest absolute Gasteiger partial charge is 0.393 e. The van der Waals surface area contributed by atoms with Crippen molar-refractivity contribution >= 4 is 5.91 Å². The first-order chi connectivity index (χ1) is 8.79. The van der Waals surface area contributed by atoms with Crippen LogP contribution in [0.25, 0.3) is 0 Å². The SMILES string of the molecule is CCOC1CC(N)(C(=O)NCCC(O)CC)C1(C)C. The summed E-state index contributed by atoms with van der Waals surface area (Å²) < 4.78 is 5.60. The molecule has 1 fully saturated rings. The highest BCUT2D eigenvalue weighted by atomic mass is 16.5. The van der Waals surface area contributed by atoms with Crippen molar-refractivity contribution < 1.29 is 14.6 Å². The van der Waals surface area contributed by atoms with Crippen LogP contribution in [0, 0.1) is 5.41 Å². The monoisotopic (exact) mass is 272 g/mol. The van der Waals surface area contributed by atoms with Crippen LogP contribution in [-0.2, 0) is 9.53 Å². The Morgan fingerprint density at radius 3 is 2.63 bits per heavy atom. The highest BCUT2D eigenvalue weighted by Crippen LogP contribution is 2.49. The van der Waals surface area contributed by atoms with Gasteiger partial charge < -0.3 is 20.9 Å². The number of aliphatic hydroxyl groups excluding tert-OH is 1. The third-order valence-electron chi connectivity index (χ3n) is 4.47. The first-order valence-electron chi connectivity index (χ1n) is 7.16. The molecule has 0 heterocycles. The van der Waals surface area contributed by atoms with Crippen molar-refractivity contribution in [2.75, 3.05) is 13.2 Å². The second-order valence-electron chi connectivity index (χ2n) is 5.95. The maximum absolute atomic E-state index is 12.2. The van der Waals surface area contributed by atoms with E-state index in [-0.39, 0.29) is 23.5 Å². The summed E-state index contributed by atoms with van der Waals surface area (Å²) in [4.78, 5) is 12.2. The standard InChI is InChI=1S/C14H28N2O3/c1-5-10(17)7-8-16-12(18)14(15)9-11(19-6-2)13(14,3)4/h10-11,17H,5-9,15H2,1-4H3,(H,16,18). The number of aliphatic hydroxyl groups is 1. The molecule has 0 aromatic carbocycles. The zero-order valence-electron chi connectivity index (χ0n) is 12.5. The number of carbonyl (C=O) groups excluding carboxylic acids is 1. The van der Waals surface area contributed by atoms with Crippen molar-refractivity contribution in [1.29, 1.82) is 0 Å². The Morgan fingerprint density at radius 2 is 2.16 bits per heavy atom. The van der Waals surface area contributed by atoms with Crippen LogP contribution in [0.15, 0.2) is 0 Å². The highest BCUT2D eigenvalue weighted by molar-refractivity contribution is 5.88. The highest BCUT2D eigenvalue weighted by Gasteiger charge is 2.62. The van der Waals surface area contributed by atoms with Crippen molar-refractivity contribution in [3.05, 3.63) is 0 Å². The van der Waals surface area contributed by atoms with Gasteiger partial charge in [-0.05, 0) is 19.8 Å². The van der Waals surface area contributed by atoms with Crippen LogP contribution in [-0.4, -0.2) is 41.9 Å². The molecule has 3 unspecified atom stereocenters. The van der Waals surface area contributed by atoms with Gasteiger partial charge in [0.2, 0.25) is 5.91 Å². The molecule has 0 bridgehead atoms. The van der Waals surface area contributed by atoms with Crippen LogP contribution in [0.5, 0.6) is 0 Å². The summed E-state index contributed by atoms with van der Waals surface area (Å²) in [6.45, 7) is 8.89. The number of carbonyl (C=O) groups is 1. The van der Waals surface area contributed by atoms with Crippen molar-refractivity contribution in [2.24, 2.45) is 11.1 Å². The van der Waals surface area contributed by atoms with Crippen LogP contribution in [0.4, 0.5) is 0 Å². The number of ether oxygens (including phenoxy) is 1. The van der Waals surface area contributed by atoms with Crippen molar-refractivity contribution in [3.63, 3.8) is 0 Å². The van der Waals surface area contributed by atoms with E-state index in [2.05, 4.69) is 5.32 Å². The van der Waals surface area contributed by atoms with Crippen molar-refractivity contribution in [3.8, 4) is 0 Å². The van der Waals surface area contributed by atoms with Crippen molar-refractivity contribution in [1.82, 2.24) is 5.32 Å². The zero-order valence-corrected chi connectivity index (χ0v) is 12.5. The van der Waals surface area contributed by atoms with Crippen LogP contribution < -0.4 is 11.1 Å². The van der Waals surface area contributed by atoms with E-state index in [0.717, 1.165) is 0 Å². The quantitative estimate of drug-likeness (QED) is 0.640. The second kappa shape index (κ2) is 6.20. The number of nitrogens with one attached hydrogen (secondary N) is 1. The molecule has 1 aliphatic carbocycles. The predicted molar refractivity (Wildman–Crippen MR) is 74.7 cm³/mol. The Hall–Kier alpha value is -0.650. The fraction of sp³-hybridized carbons (Fsp3) is 0.929. The van der Waals surface area contributed by atoms with Gasteiger partial charge in [0.25, 0.3) is 0 Å². The Labute approximate surface area is 115 Å². The first-order valence-corrected chi connectivity index (χ1v) is 7.16. The summed E-state index contributed by atoms with van der Waals surface area (Å²) >= 11 is 0. The van der Waals surface area contributed by atoms with Crippen LogP contribution in [0.3, 0.4) is 0 Å². The van der Waals surface area contributed by atoms with Gasteiger partial charge in [0, 0.05) is 25.0 Å². The molecule has 0 aromatic heterocycles. The number of nitrogens with two attached hydrogens (primary N) is 1. The van der Waals surface area contributed by atoms with E-state index in [9.17, 15) is 9.90 Å². The topological polar surface area (TPSA) is 84.6 Å². The van der Waals surface area contributed by atoms with Crippen LogP contribution in [0.1, 0.15) is 47.0 Å². The molecule has 1 aliphatic rings. The molecule has 0 aromatic rings. The molecule has 19 heavy (non-hydrogen) atoms. The Bertz CT molecular complexity index is 320. The average Bonchev–Trinajstić information content (AvgIpc) is 2.37. The van der Waals surface area contributed by atoms with Gasteiger partial charge in [-0.1, -0.05) is 20.8 Å². The minimum Gasteiger partial charge on any atom is -0.393 e. The van der Waals surface area contributed by atoms with Gasteiger partial charge in [0.15, 0.2) is 0 Å². The summed E-state index contributed by atoms with van der Waals surface area (Å²) in [6.07, 6.45) is 1.49. The summed E-state index contributed by atoms with van der Waals surface area (Å²) in [5, 5.41) is 12.3. The Kier molecular flexibility index (Phi) is 5.35. The van der Waals surface area contributed by atoms with Gasteiger partial charge in [-0.15, -0.1) is 0 Å². The third kappa shape index (κ3) is 3.09. The van der Waals surface area contributed by atoms with Gasteiger partial charge in [0.05, 0.1) is 12.2 Å². The first kappa shape index (κ1) is 16.4. The normalized spacial score (nSPS) is 30.5. The molecule has 0 saturated heterocycles. The van der Waals surface area contributed by atoms with Gasteiger partial charge in [0.1, 0.15) is 5.54 Å². The fourth-order valence-electron chi connectivity index (χ4n) is 2.53. The molecule has 0 spiro atoms. The number of hydrogen-bond donors (Lipinski definition) is 3. The van der Waals surface area contributed by atoms with Crippen LogP contribution >= 0.6 is 0 Å². The van der Waals surface area contributed by atoms with E-state index in [1.807, 2.05) is 27.7 Å². The van der Waals surface area contributed by atoms with Gasteiger partial charge >= 0.3 is 0 Å². The maximum Gasteiger partial charge on any atom is 0.240 e. The molecule has 112 valence electrons. The lowest BCUT2D eigenvalue weighted by Crippen LogP contribution is -2.75. The number of amides is 1. The van der Waals surface area contributed by atoms with Crippen LogP contribution in [0.2, 0.25) is 0 Å². The lowest BCUT2D eigenvalue weighted by atomic mass is 9.54. The fourth-order valence-corrected chi connectivity index (χ4v) is 2.53. The average molecular weight is 272 g/mol. The molecular weight excluding hydrogens is 244 g/mol. The molecular formula is C14H28N2O3. The molecule has 0 aliphatic heterocycles. The Balaban J connectivity index is 2.49. The summed E-state index contributed by atoms with van der Waals surface area (Å²) in [5.74, 6) is -0.142. The van der Waals surface area contributed by atoms with E-state index in [1.165, 1.54) is 0 Å². The third-order valence-corrected chi connectivity index (χ3v) is 4.47. The number of hydrogen-bond acceptors (Lipinski definition) is 4. The summed E-state index contributed by atoms with van der Waals surface area (Å²) in [6, 6.07) is 0. The van der Waals surface area contributed by atoms with E-state index in [4.69, 9.17) is 10.5 Å². The smallest absolute Gasteiger partial charge is 0.240 e. The van der Waals surface area contributed by atoms with E-state index in [0.29, 0.717) is 32.4 Å². The Morgan fingerprint density at radius 1 is 1.53 bits per heavy atom. The maximum atomic E-state index is 12.2. The second-order valence-corrected chi connectivity index (χ2v) is 5.95.